The minimum absolute atomic E-state index is 0.0405. The third-order valence-electron chi connectivity index (χ3n) is 7.65. The SMILES string of the molecule is CC#CCC[C@@H](C=C[C@@H]1[C@@H](CC=CCCCC(=O)OC)[C@H](O)C[C@H]1OC1CCCCO1)OC1CCCCO1. The lowest BCUT2D eigenvalue weighted by Crippen LogP contribution is -2.31. The van der Waals surface area contributed by atoms with Crippen LogP contribution in [-0.4, -0.2) is 62.3 Å². The van der Waals surface area contributed by atoms with E-state index in [-0.39, 0.29) is 42.6 Å². The molecular formula is C31H48O7. The van der Waals surface area contributed by atoms with Crippen LogP contribution in [0.5, 0.6) is 0 Å². The van der Waals surface area contributed by atoms with Crippen LogP contribution in [0, 0.1) is 23.7 Å². The van der Waals surface area contributed by atoms with Crippen molar-refractivity contribution in [3.63, 3.8) is 0 Å². The summed E-state index contributed by atoms with van der Waals surface area (Å²) in [7, 11) is 1.42. The van der Waals surface area contributed by atoms with Crippen molar-refractivity contribution in [2.45, 2.75) is 121 Å². The fourth-order valence-corrected chi connectivity index (χ4v) is 5.50. The van der Waals surface area contributed by atoms with Gasteiger partial charge in [0, 0.05) is 38.4 Å². The maximum Gasteiger partial charge on any atom is 0.305 e. The van der Waals surface area contributed by atoms with E-state index < -0.39 is 6.10 Å². The molecule has 0 aromatic rings. The highest BCUT2D eigenvalue weighted by molar-refractivity contribution is 5.69. The highest BCUT2D eigenvalue weighted by Gasteiger charge is 2.42. The maximum atomic E-state index is 11.3. The molecule has 3 rings (SSSR count). The zero-order chi connectivity index (χ0) is 27.0. The van der Waals surface area contributed by atoms with Crippen molar-refractivity contribution in [3.05, 3.63) is 24.3 Å². The molecule has 7 heteroatoms. The molecule has 0 amide bonds. The summed E-state index contributed by atoms with van der Waals surface area (Å²) in [6.45, 7) is 3.34. The number of aliphatic hydroxyl groups excluding tert-OH is 1. The largest absolute Gasteiger partial charge is 0.469 e. The summed E-state index contributed by atoms with van der Waals surface area (Å²) >= 11 is 0. The summed E-state index contributed by atoms with van der Waals surface area (Å²) < 4.78 is 29.2. The fraction of sp³-hybridized carbons (Fsp3) is 0.774. The van der Waals surface area contributed by atoms with E-state index in [1.165, 1.54) is 7.11 Å². The Morgan fingerprint density at radius 1 is 1.11 bits per heavy atom. The molecule has 1 saturated carbocycles. The Morgan fingerprint density at radius 3 is 2.55 bits per heavy atom. The van der Waals surface area contributed by atoms with E-state index in [1.807, 2.05) is 6.92 Å². The number of carbonyl (C=O) groups is 1. The van der Waals surface area contributed by atoms with E-state index in [0.29, 0.717) is 12.8 Å². The first-order valence-electron chi connectivity index (χ1n) is 14.6. The predicted molar refractivity (Wildman–Crippen MR) is 146 cm³/mol. The number of unbranched alkanes of at least 4 members (excludes halogenated alkanes) is 1. The van der Waals surface area contributed by atoms with Gasteiger partial charge in [0.1, 0.15) is 0 Å². The van der Waals surface area contributed by atoms with Gasteiger partial charge >= 0.3 is 5.97 Å². The summed E-state index contributed by atoms with van der Waals surface area (Å²) in [5.74, 6) is 6.04. The molecule has 2 saturated heterocycles. The van der Waals surface area contributed by atoms with Crippen LogP contribution in [0.4, 0.5) is 0 Å². The van der Waals surface area contributed by atoms with Crippen LogP contribution in [0.3, 0.4) is 0 Å². The number of rotatable bonds is 14. The Hall–Kier alpha value is -1.69. The van der Waals surface area contributed by atoms with Gasteiger partial charge < -0.3 is 28.8 Å². The van der Waals surface area contributed by atoms with Gasteiger partial charge in [0.15, 0.2) is 12.6 Å². The molecule has 2 heterocycles. The van der Waals surface area contributed by atoms with Gasteiger partial charge in [-0.1, -0.05) is 24.3 Å². The topological polar surface area (TPSA) is 83.5 Å². The van der Waals surface area contributed by atoms with Crippen LogP contribution in [-0.2, 0) is 28.5 Å². The molecule has 0 bridgehead atoms. The van der Waals surface area contributed by atoms with E-state index in [0.717, 1.165) is 83.8 Å². The number of methoxy groups -OCH3 is 1. The molecule has 7 nitrogen and oxygen atoms in total. The molecule has 0 aromatic carbocycles. The molecule has 214 valence electrons. The van der Waals surface area contributed by atoms with Gasteiger partial charge in [-0.15, -0.1) is 11.8 Å². The number of carbonyl (C=O) groups excluding carboxylic acids is 1. The van der Waals surface area contributed by atoms with E-state index in [4.69, 9.17) is 23.7 Å². The molecule has 38 heavy (non-hydrogen) atoms. The second-order valence-corrected chi connectivity index (χ2v) is 10.5. The third-order valence-corrected chi connectivity index (χ3v) is 7.65. The highest BCUT2D eigenvalue weighted by Crippen LogP contribution is 2.39. The van der Waals surface area contributed by atoms with Crippen molar-refractivity contribution < 1.29 is 33.6 Å². The van der Waals surface area contributed by atoms with Crippen molar-refractivity contribution in [3.8, 4) is 11.8 Å². The summed E-state index contributed by atoms with van der Waals surface area (Å²) in [5, 5.41) is 11.0. The van der Waals surface area contributed by atoms with Crippen LogP contribution in [0.2, 0.25) is 0 Å². The second kappa shape index (κ2) is 17.8. The third kappa shape index (κ3) is 10.8. The fourth-order valence-electron chi connectivity index (χ4n) is 5.50. The lowest BCUT2D eigenvalue weighted by atomic mass is 9.89. The van der Waals surface area contributed by atoms with E-state index in [1.54, 1.807) is 0 Å². The van der Waals surface area contributed by atoms with Crippen LogP contribution < -0.4 is 0 Å². The van der Waals surface area contributed by atoms with Gasteiger partial charge in [0.25, 0.3) is 0 Å². The number of esters is 1. The Labute approximate surface area is 229 Å². The Balaban J connectivity index is 1.66. The molecule has 1 aliphatic carbocycles. The zero-order valence-corrected chi connectivity index (χ0v) is 23.4. The van der Waals surface area contributed by atoms with Gasteiger partial charge in [0.2, 0.25) is 0 Å². The Bertz CT molecular complexity index is 786. The molecule has 0 radical (unpaired) electrons. The van der Waals surface area contributed by atoms with Gasteiger partial charge in [-0.3, -0.25) is 4.79 Å². The minimum atomic E-state index is -0.454. The summed E-state index contributed by atoms with van der Waals surface area (Å²) in [6, 6.07) is 0. The number of hydrogen-bond acceptors (Lipinski definition) is 7. The van der Waals surface area contributed by atoms with E-state index >= 15 is 0 Å². The first-order chi connectivity index (χ1) is 18.6. The molecule has 2 unspecified atom stereocenters. The maximum absolute atomic E-state index is 11.3. The van der Waals surface area contributed by atoms with E-state index in [9.17, 15) is 9.90 Å². The molecule has 1 N–H and O–H groups in total. The van der Waals surface area contributed by atoms with Gasteiger partial charge in [-0.05, 0) is 77.0 Å². The molecular weight excluding hydrogens is 484 g/mol. The summed E-state index contributed by atoms with van der Waals surface area (Å²) in [5.41, 5.74) is 0. The lowest BCUT2D eigenvalue weighted by Gasteiger charge is -2.29. The van der Waals surface area contributed by atoms with Crippen molar-refractivity contribution in [2.75, 3.05) is 20.3 Å². The molecule has 2 aliphatic heterocycles. The monoisotopic (exact) mass is 532 g/mol. The average Bonchev–Trinajstić information content (AvgIpc) is 3.23. The van der Waals surface area contributed by atoms with E-state index in [2.05, 4.69) is 36.1 Å². The zero-order valence-electron chi connectivity index (χ0n) is 23.4. The summed E-state index contributed by atoms with van der Waals surface area (Å²) in [6.07, 6.45) is 18.6. The van der Waals surface area contributed by atoms with Crippen molar-refractivity contribution in [1.82, 2.24) is 0 Å². The normalized spacial score (nSPS) is 30.8. The Kier molecular flexibility index (Phi) is 14.5. The van der Waals surface area contributed by atoms with Crippen molar-refractivity contribution in [2.24, 2.45) is 11.8 Å². The number of hydrogen-bond donors (Lipinski definition) is 1. The van der Waals surface area contributed by atoms with Crippen LogP contribution in [0.15, 0.2) is 24.3 Å². The highest BCUT2D eigenvalue weighted by atomic mass is 16.7. The van der Waals surface area contributed by atoms with Crippen LogP contribution in [0.1, 0.15) is 90.4 Å². The predicted octanol–water partition coefficient (Wildman–Crippen LogP) is 5.46. The quantitative estimate of drug-likeness (QED) is 0.138. The number of allylic oxidation sites excluding steroid dienone is 2. The smallest absolute Gasteiger partial charge is 0.305 e. The van der Waals surface area contributed by atoms with Gasteiger partial charge in [-0.2, -0.15) is 0 Å². The Morgan fingerprint density at radius 2 is 1.87 bits per heavy atom. The first-order valence-corrected chi connectivity index (χ1v) is 14.6. The number of aliphatic hydroxyl groups is 1. The summed E-state index contributed by atoms with van der Waals surface area (Å²) in [4.78, 5) is 11.3. The second-order valence-electron chi connectivity index (χ2n) is 10.5. The molecule has 3 aliphatic rings. The van der Waals surface area contributed by atoms with Crippen molar-refractivity contribution >= 4 is 5.97 Å². The van der Waals surface area contributed by atoms with Crippen molar-refractivity contribution in [1.29, 1.82) is 0 Å². The van der Waals surface area contributed by atoms with Crippen LogP contribution in [0.25, 0.3) is 0 Å². The van der Waals surface area contributed by atoms with Gasteiger partial charge in [-0.25, -0.2) is 0 Å². The average molecular weight is 533 g/mol. The van der Waals surface area contributed by atoms with Gasteiger partial charge in [0.05, 0.1) is 25.4 Å². The minimum Gasteiger partial charge on any atom is -0.469 e. The number of ether oxygens (including phenoxy) is 5. The standard InChI is InChI=1S/C31H48O7/c1-3-4-7-14-24(37-30-17-10-12-21-35-30)19-20-26-25(15-8-5-6-9-16-29(33)34-2)27(32)23-28(26)38-31-18-11-13-22-36-31/h5,8,19-20,24-28,30-32H,6-7,9-18,21-23H2,1-2H3/t24-,25+,26+,27+,28+,30?,31?/m0/s1. The molecule has 0 aromatic heterocycles. The molecule has 0 spiro atoms. The first kappa shape index (κ1) is 30.8. The molecule has 3 fully saturated rings. The molecule has 7 atom stereocenters. The van der Waals surface area contributed by atoms with Crippen LogP contribution >= 0.6 is 0 Å². The lowest BCUT2D eigenvalue weighted by molar-refractivity contribution is -0.193.